The minimum atomic E-state index is -0.358. The molecule has 3 rings (SSSR count). The first-order valence-electron chi connectivity index (χ1n) is 8.26. The quantitative estimate of drug-likeness (QED) is 0.883. The molecule has 2 fully saturated rings. The summed E-state index contributed by atoms with van der Waals surface area (Å²) in [5.41, 5.74) is -0.358. The van der Waals surface area contributed by atoms with Gasteiger partial charge in [-0.3, -0.25) is 4.79 Å². The highest BCUT2D eigenvalue weighted by Gasteiger charge is 2.38. The van der Waals surface area contributed by atoms with Gasteiger partial charge >= 0.3 is 0 Å². The number of aromatic nitrogens is 2. The first-order valence-corrected chi connectivity index (χ1v) is 8.26. The Bertz CT molecular complexity index is 493. The second-order valence-electron chi connectivity index (χ2n) is 6.54. The van der Waals surface area contributed by atoms with Gasteiger partial charge in [-0.05, 0) is 57.7 Å². The molecule has 1 atom stereocenters. The summed E-state index contributed by atoms with van der Waals surface area (Å²) >= 11 is 0. The first kappa shape index (κ1) is 15.2. The first-order chi connectivity index (χ1) is 10.7. The summed E-state index contributed by atoms with van der Waals surface area (Å²) in [6.07, 6.45) is 6.84. The summed E-state index contributed by atoms with van der Waals surface area (Å²) in [6, 6.07) is 4.18. The van der Waals surface area contributed by atoms with Gasteiger partial charge in [-0.2, -0.15) is 5.10 Å². The van der Waals surface area contributed by atoms with Crippen molar-refractivity contribution in [2.45, 2.75) is 50.6 Å². The van der Waals surface area contributed by atoms with E-state index in [2.05, 4.69) is 27.8 Å². The van der Waals surface area contributed by atoms with E-state index >= 15 is 0 Å². The molecule has 2 aliphatic rings. The molecular weight excluding hydrogens is 278 g/mol. The number of piperidine rings is 2. The number of carbonyl (C=O) groups excluding carboxylic acids is 1. The smallest absolute Gasteiger partial charge is 0.242 e. The van der Waals surface area contributed by atoms with Gasteiger partial charge in [0.2, 0.25) is 5.91 Å². The zero-order chi connectivity index (χ0) is 15.4. The number of carbonyl (C=O) groups is 1. The van der Waals surface area contributed by atoms with Crippen LogP contribution < -0.4 is 10.6 Å². The second kappa shape index (κ2) is 6.60. The average molecular weight is 303 g/mol. The van der Waals surface area contributed by atoms with Crippen molar-refractivity contribution in [3.8, 4) is 0 Å². The van der Waals surface area contributed by atoms with Gasteiger partial charge in [0.25, 0.3) is 0 Å². The van der Waals surface area contributed by atoms with Crippen LogP contribution in [0.25, 0.3) is 0 Å². The molecule has 0 aromatic carbocycles. The Morgan fingerprint density at radius 2 is 2.23 bits per heavy atom. The Balaban J connectivity index is 1.52. The van der Waals surface area contributed by atoms with Gasteiger partial charge < -0.3 is 15.5 Å². The zero-order valence-corrected chi connectivity index (χ0v) is 13.2. The van der Waals surface area contributed by atoms with Crippen molar-refractivity contribution in [1.82, 2.24) is 20.4 Å². The lowest BCUT2D eigenvalue weighted by molar-refractivity contribution is -0.139. The van der Waals surface area contributed by atoms with E-state index in [-0.39, 0.29) is 11.4 Å². The van der Waals surface area contributed by atoms with Gasteiger partial charge in [0.15, 0.2) is 0 Å². The largest absolute Gasteiger partial charge is 0.366 e. The molecule has 22 heavy (non-hydrogen) atoms. The maximum absolute atomic E-state index is 12.8. The summed E-state index contributed by atoms with van der Waals surface area (Å²) in [7, 11) is 0. The van der Waals surface area contributed by atoms with Crippen LogP contribution >= 0.6 is 0 Å². The number of hydrogen-bond donors (Lipinski definition) is 2. The molecule has 6 nitrogen and oxygen atoms in total. The number of nitrogens with one attached hydrogen (secondary N) is 2. The van der Waals surface area contributed by atoms with Crippen molar-refractivity contribution >= 4 is 11.7 Å². The second-order valence-corrected chi connectivity index (χ2v) is 6.54. The molecule has 1 amide bonds. The monoisotopic (exact) mass is 303 g/mol. The molecule has 0 radical (unpaired) electrons. The Morgan fingerprint density at radius 3 is 2.86 bits per heavy atom. The van der Waals surface area contributed by atoms with E-state index in [1.807, 2.05) is 17.0 Å². The van der Waals surface area contributed by atoms with Crippen LogP contribution in [0.3, 0.4) is 0 Å². The molecular formula is C16H25N5O. The van der Waals surface area contributed by atoms with Gasteiger partial charge in [-0.15, -0.1) is 5.10 Å². The number of amides is 1. The SMILES string of the molecule is CC1(C(=O)N2CCC(Nc3cccnn3)CC2)CCCCN1. The number of anilines is 1. The number of rotatable bonds is 3. The molecule has 2 aliphatic heterocycles. The van der Waals surface area contributed by atoms with Gasteiger partial charge in [-0.1, -0.05) is 0 Å². The highest BCUT2D eigenvalue weighted by atomic mass is 16.2. The predicted molar refractivity (Wildman–Crippen MR) is 85.5 cm³/mol. The highest BCUT2D eigenvalue weighted by Crippen LogP contribution is 2.24. The summed E-state index contributed by atoms with van der Waals surface area (Å²) < 4.78 is 0. The van der Waals surface area contributed by atoms with Crippen molar-refractivity contribution in [2.24, 2.45) is 0 Å². The van der Waals surface area contributed by atoms with Crippen molar-refractivity contribution in [2.75, 3.05) is 25.0 Å². The number of nitrogens with zero attached hydrogens (tertiary/aromatic N) is 3. The molecule has 1 unspecified atom stereocenters. The predicted octanol–water partition coefficient (Wildman–Crippen LogP) is 1.41. The van der Waals surface area contributed by atoms with E-state index in [4.69, 9.17) is 0 Å². The van der Waals surface area contributed by atoms with E-state index in [0.717, 1.165) is 51.1 Å². The van der Waals surface area contributed by atoms with Gasteiger partial charge in [-0.25, -0.2) is 0 Å². The minimum absolute atomic E-state index is 0.269. The summed E-state index contributed by atoms with van der Waals surface area (Å²) in [6.45, 7) is 4.63. The Morgan fingerprint density at radius 1 is 1.41 bits per heavy atom. The van der Waals surface area contributed by atoms with Crippen LogP contribution in [0.2, 0.25) is 0 Å². The van der Waals surface area contributed by atoms with Crippen LogP contribution in [-0.4, -0.2) is 52.2 Å². The molecule has 2 N–H and O–H groups in total. The third-order valence-electron chi connectivity index (χ3n) is 4.80. The Labute approximate surface area is 131 Å². The van der Waals surface area contributed by atoms with Crippen molar-refractivity contribution in [3.63, 3.8) is 0 Å². The van der Waals surface area contributed by atoms with Crippen molar-refractivity contribution in [1.29, 1.82) is 0 Å². The lowest BCUT2D eigenvalue weighted by atomic mass is 9.88. The Hall–Kier alpha value is -1.69. The lowest BCUT2D eigenvalue weighted by Crippen LogP contribution is -2.59. The molecule has 1 aromatic rings. The molecule has 1 aromatic heterocycles. The van der Waals surface area contributed by atoms with Crippen molar-refractivity contribution < 1.29 is 4.79 Å². The molecule has 6 heteroatoms. The van der Waals surface area contributed by atoms with Crippen LogP contribution in [-0.2, 0) is 4.79 Å². The molecule has 120 valence electrons. The van der Waals surface area contributed by atoms with E-state index in [1.165, 1.54) is 6.42 Å². The number of hydrogen-bond acceptors (Lipinski definition) is 5. The summed E-state index contributed by atoms with van der Waals surface area (Å²) in [5, 5.41) is 14.8. The minimum Gasteiger partial charge on any atom is -0.366 e. The molecule has 2 saturated heterocycles. The fraction of sp³-hybridized carbons (Fsp3) is 0.688. The standard InChI is InChI=1S/C16H25N5O/c1-16(8-2-3-9-17-16)15(22)21-11-6-13(7-12-21)19-14-5-4-10-18-20-14/h4-5,10,13,17H,2-3,6-9,11-12H2,1H3,(H,19,20). The number of likely N-dealkylation sites (tertiary alicyclic amines) is 1. The van der Waals surface area contributed by atoms with Crippen LogP contribution in [0.4, 0.5) is 5.82 Å². The fourth-order valence-electron chi connectivity index (χ4n) is 3.40. The van der Waals surface area contributed by atoms with E-state index < -0.39 is 0 Å². The average Bonchev–Trinajstić information content (AvgIpc) is 2.56. The van der Waals surface area contributed by atoms with Crippen LogP contribution in [0.5, 0.6) is 0 Å². The molecule has 0 aliphatic carbocycles. The van der Waals surface area contributed by atoms with E-state index in [0.29, 0.717) is 6.04 Å². The third kappa shape index (κ3) is 3.38. The molecule has 0 bridgehead atoms. The normalized spacial score (nSPS) is 26.7. The van der Waals surface area contributed by atoms with E-state index in [1.54, 1.807) is 6.20 Å². The third-order valence-corrected chi connectivity index (χ3v) is 4.80. The van der Waals surface area contributed by atoms with Gasteiger partial charge in [0, 0.05) is 25.3 Å². The topological polar surface area (TPSA) is 70.2 Å². The van der Waals surface area contributed by atoms with Crippen LogP contribution in [0.1, 0.15) is 39.0 Å². The van der Waals surface area contributed by atoms with Crippen molar-refractivity contribution in [3.05, 3.63) is 18.3 Å². The zero-order valence-electron chi connectivity index (χ0n) is 13.2. The summed E-state index contributed by atoms with van der Waals surface area (Å²) in [4.78, 5) is 14.8. The lowest BCUT2D eigenvalue weighted by Gasteiger charge is -2.40. The Kier molecular flexibility index (Phi) is 4.57. The maximum atomic E-state index is 12.8. The molecule has 0 spiro atoms. The van der Waals surface area contributed by atoms with Gasteiger partial charge in [0.05, 0.1) is 5.54 Å². The molecule has 0 saturated carbocycles. The molecule has 3 heterocycles. The summed E-state index contributed by atoms with van der Waals surface area (Å²) in [5.74, 6) is 1.08. The maximum Gasteiger partial charge on any atom is 0.242 e. The van der Waals surface area contributed by atoms with Crippen LogP contribution in [0.15, 0.2) is 18.3 Å². The van der Waals surface area contributed by atoms with Gasteiger partial charge in [0.1, 0.15) is 5.82 Å². The van der Waals surface area contributed by atoms with E-state index in [9.17, 15) is 4.79 Å². The fourth-order valence-corrected chi connectivity index (χ4v) is 3.40. The highest BCUT2D eigenvalue weighted by molar-refractivity contribution is 5.86. The van der Waals surface area contributed by atoms with Crippen LogP contribution in [0, 0.1) is 0 Å².